The Morgan fingerprint density at radius 1 is 1.32 bits per heavy atom. The van der Waals surface area contributed by atoms with E-state index in [-0.39, 0.29) is 11.8 Å². The van der Waals surface area contributed by atoms with Crippen LogP contribution in [0, 0.1) is 11.8 Å². The Labute approximate surface area is 124 Å². The van der Waals surface area contributed by atoms with Crippen LogP contribution in [0.4, 0.5) is 5.69 Å². The number of hydrogen-bond acceptors (Lipinski definition) is 2. The van der Waals surface area contributed by atoms with Gasteiger partial charge < -0.3 is 11.1 Å². The molecular formula is C14H20Cl2N2O. The van der Waals surface area contributed by atoms with Crippen molar-refractivity contribution in [2.24, 2.45) is 17.6 Å². The Hall–Kier alpha value is -0.770. The molecule has 1 rings (SSSR count). The van der Waals surface area contributed by atoms with Crippen LogP contribution < -0.4 is 11.1 Å². The van der Waals surface area contributed by atoms with E-state index in [9.17, 15) is 4.79 Å². The molecule has 0 saturated heterocycles. The second-order valence-electron chi connectivity index (χ2n) is 5.11. The number of carbonyl (C=O) groups excluding carboxylic acids is 1. The molecule has 0 aromatic heterocycles. The van der Waals surface area contributed by atoms with E-state index in [2.05, 4.69) is 19.2 Å². The van der Waals surface area contributed by atoms with Gasteiger partial charge in [-0.2, -0.15) is 0 Å². The number of amides is 1. The summed E-state index contributed by atoms with van der Waals surface area (Å²) in [5.74, 6) is 0.698. The maximum Gasteiger partial charge on any atom is 0.224 e. The van der Waals surface area contributed by atoms with Gasteiger partial charge in [0.05, 0.1) is 10.0 Å². The summed E-state index contributed by atoms with van der Waals surface area (Å²) in [7, 11) is 0. The second-order valence-corrected chi connectivity index (χ2v) is 5.93. The van der Waals surface area contributed by atoms with Crippen LogP contribution in [0.2, 0.25) is 10.0 Å². The van der Waals surface area contributed by atoms with Gasteiger partial charge in [-0.15, -0.1) is 0 Å². The van der Waals surface area contributed by atoms with Crippen molar-refractivity contribution in [1.29, 1.82) is 0 Å². The summed E-state index contributed by atoms with van der Waals surface area (Å²) in [4.78, 5) is 11.9. The van der Waals surface area contributed by atoms with Gasteiger partial charge in [0, 0.05) is 12.1 Å². The molecular weight excluding hydrogens is 283 g/mol. The number of nitrogens with two attached hydrogens (primary N) is 1. The lowest BCUT2D eigenvalue weighted by atomic mass is 9.94. The molecule has 5 heteroatoms. The van der Waals surface area contributed by atoms with Gasteiger partial charge in [0.25, 0.3) is 0 Å². The predicted molar refractivity (Wildman–Crippen MR) is 81.7 cm³/mol. The Balaban J connectivity index is 2.56. The zero-order valence-corrected chi connectivity index (χ0v) is 12.8. The van der Waals surface area contributed by atoms with Gasteiger partial charge >= 0.3 is 0 Å². The molecule has 0 heterocycles. The summed E-state index contributed by atoms with van der Waals surface area (Å²) >= 11 is 11.7. The minimum Gasteiger partial charge on any atom is -0.330 e. The van der Waals surface area contributed by atoms with E-state index in [1.165, 1.54) is 0 Å². The molecule has 1 atom stereocenters. The minimum absolute atomic E-state index is 0.0468. The zero-order chi connectivity index (χ0) is 14.4. The van der Waals surface area contributed by atoms with Crippen molar-refractivity contribution in [3.05, 3.63) is 28.2 Å². The van der Waals surface area contributed by atoms with Gasteiger partial charge in [0.15, 0.2) is 0 Å². The number of rotatable bonds is 6. The smallest absolute Gasteiger partial charge is 0.224 e. The first-order valence-corrected chi connectivity index (χ1v) is 7.13. The van der Waals surface area contributed by atoms with Crippen molar-refractivity contribution in [2.45, 2.75) is 26.7 Å². The zero-order valence-electron chi connectivity index (χ0n) is 11.2. The fourth-order valence-corrected chi connectivity index (χ4v) is 2.28. The predicted octanol–water partition coefficient (Wildman–Crippen LogP) is 3.94. The third-order valence-electron chi connectivity index (χ3n) is 2.82. The van der Waals surface area contributed by atoms with Crippen LogP contribution in [0.1, 0.15) is 26.7 Å². The fraction of sp³-hybridized carbons (Fsp3) is 0.500. The molecule has 0 spiro atoms. The van der Waals surface area contributed by atoms with Crippen LogP contribution in [0.5, 0.6) is 0 Å². The Bertz CT molecular complexity index is 435. The van der Waals surface area contributed by atoms with Gasteiger partial charge in [0.1, 0.15) is 0 Å². The van der Waals surface area contributed by atoms with Crippen LogP contribution in [0.3, 0.4) is 0 Å². The average molecular weight is 303 g/mol. The Morgan fingerprint density at radius 3 is 2.53 bits per heavy atom. The monoisotopic (exact) mass is 302 g/mol. The van der Waals surface area contributed by atoms with E-state index in [1.807, 2.05) is 0 Å². The number of hydrogen-bond donors (Lipinski definition) is 2. The number of carbonyl (C=O) groups is 1. The summed E-state index contributed by atoms with van der Waals surface area (Å²) in [6.45, 7) is 4.77. The number of halogens is 2. The van der Waals surface area contributed by atoms with E-state index in [4.69, 9.17) is 28.9 Å². The Morgan fingerprint density at radius 2 is 2.00 bits per heavy atom. The van der Waals surface area contributed by atoms with E-state index in [0.717, 1.165) is 6.42 Å². The van der Waals surface area contributed by atoms with Crippen LogP contribution in [-0.4, -0.2) is 12.5 Å². The molecule has 0 radical (unpaired) electrons. The Kier molecular flexibility index (Phi) is 6.63. The topological polar surface area (TPSA) is 55.1 Å². The van der Waals surface area contributed by atoms with Crippen LogP contribution >= 0.6 is 23.2 Å². The van der Waals surface area contributed by atoms with Gasteiger partial charge in [-0.05, 0) is 43.0 Å². The SMILES string of the molecule is CC(C)CC(CN)CC(=O)Nc1ccc(Cl)c(Cl)c1. The van der Waals surface area contributed by atoms with Gasteiger partial charge in [0.2, 0.25) is 5.91 Å². The molecule has 106 valence electrons. The quantitative estimate of drug-likeness (QED) is 0.836. The van der Waals surface area contributed by atoms with E-state index in [1.54, 1.807) is 18.2 Å². The van der Waals surface area contributed by atoms with Gasteiger partial charge in [-0.3, -0.25) is 4.79 Å². The van der Waals surface area contributed by atoms with Crippen LogP contribution in [-0.2, 0) is 4.79 Å². The minimum atomic E-state index is -0.0468. The highest BCUT2D eigenvalue weighted by atomic mass is 35.5. The van der Waals surface area contributed by atoms with Crippen molar-refractivity contribution < 1.29 is 4.79 Å². The van der Waals surface area contributed by atoms with Crippen molar-refractivity contribution in [3.8, 4) is 0 Å². The van der Waals surface area contributed by atoms with E-state index >= 15 is 0 Å². The first-order valence-electron chi connectivity index (χ1n) is 6.37. The molecule has 0 aliphatic carbocycles. The molecule has 3 nitrogen and oxygen atoms in total. The van der Waals surface area contributed by atoms with Crippen molar-refractivity contribution in [2.75, 3.05) is 11.9 Å². The maximum absolute atomic E-state index is 11.9. The van der Waals surface area contributed by atoms with Crippen LogP contribution in [0.25, 0.3) is 0 Å². The molecule has 3 N–H and O–H groups in total. The standard InChI is InChI=1S/C14H20Cl2N2O/c1-9(2)5-10(8-17)6-14(19)18-11-3-4-12(15)13(16)7-11/h3-4,7,9-10H,5-6,8,17H2,1-2H3,(H,18,19). The molecule has 1 aromatic carbocycles. The molecule has 0 aliphatic heterocycles. The van der Waals surface area contributed by atoms with Crippen LogP contribution in [0.15, 0.2) is 18.2 Å². The number of anilines is 1. The third kappa shape index (κ3) is 5.81. The van der Waals surface area contributed by atoms with Crippen molar-refractivity contribution in [3.63, 3.8) is 0 Å². The lowest BCUT2D eigenvalue weighted by molar-refractivity contribution is -0.117. The fourth-order valence-electron chi connectivity index (χ4n) is 1.98. The normalized spacial score (nSPS) is 12.5. The van der Waals surface area contributed by atoms with E-state index < -0.39 is 0 Å². The molecule has 1 aromatic rings. The highest BCUT2D eigenvalue weighted by Crippen LogP contribution is 2.25. The highest BCUT2D eigenvalue weighted by molar-refractivity contribution is 6.42. The van der Waals surface area contributed by atoms with Crippen molar-refractivity contribution in [1.82, 2.24) is 0 Å². The third-order valence-corrected chi connectivity index (χ3v) is 3.55. The van der Waals surface area contributed by atoms with Gasteiger partial charge in [-0.25, -0.2) is 0 Å². The lowest BCUT2D eigenvalue weighted by Gasteiger charge is -2.16. The summed E-state index contributed by atoms with van der Waals surface area (Å²) in [6, 6.07) is 5.03. The lowest BCUT2D eigenvalue weighted by Crippen LogP contribution is -2.23. The second kappa shape index (κ2) is 7.73. The summed E-state index contributed by atoms with van der Waals surface area (Å²) in [6.07, 6.45) is 1.38. The molecule has 0 fully saturated rings. The average Bonchev–Trinajstić information content (AvgIpc) is 2.32. The molecule has 0 bridgehead atoms. The molecule has 0 saturated carbocycles. The summed E-state index contributed by atoms with van der Waals surface area (Å²) < 4.78 is 0. The summed E-state index contributed by atoms with van der Waals surface area (Å²) in [5, 5.41) is 3.71. The maximum atomic E-state index is 11.9. The summed E-state index contributed by atoms with van der Waals surface area (Å²) in [5.41, 5.74) is 6.34. The van der Waals surface area contributed by atoms with E-state index in [0.29, 0.717) is 34.6 Å². The first-order chi connectivity index (χ1) is 8.92. The molecule has 0 aliphatic rings. The molecule has 1 unspecified atom stereocenters. The molecule has 1 amide bonds. The first kappa shape index (κ1) is 16.3. The van der Waals surface area contributed by atoms with Gasteiger partial charge in [-0.1, -0.05) is 37.0 Å². The molecule has 19 heavy (non-hydrogen) atoms. The highest BCUT2D eigenvalue weighted by Gasteiger charge is 2.14. The number of benzene rings is 1. The largest absolute Gasteiger partial charge is 0.330 e. The van der Waals surface area contributed by atoms with Crippen molar-refractivity contribution >= 4 is 34.8 Å². The number of nitrogens with one attached hydrogen (secondary N) is 1.